The Morgan fingerprint density at radius 3 is 2.67 bits per heavy atom. The van der Waals surface area contributed by atoms with Gasteiger partial charge in [0.25, 0.3) is 0 Å². The van der Waals surface area contributed by atoms with Crippen molar-refractivity contribution >= 4 is 15.8 Å². The summed E-state index contributed by atoms with van der Waals surface area (Å²) in [6.45, 7) is 1.12. The Morgan fingerprint density at radius 2 is 2.14 bits per heavy atom. The summed E-state index contributed by atoms with van der Waals surface area (Å²) in [5, 5.41) is 2.85. The van der Waals surface area contributed by atoms with Crippen LogP contribution in [0, 0.1) is 0 Å². The first-order valence-electron chi connectivity index (χ1n) is 6.20. The van der Waals surface area contributed by atoms with E-state index in [1.165, 1.54) is 10.4 Å². The van der Waals surface area contributed by atoms with Gasteiger partial charge < -0.3 is 10.1 Å². The summed E-state index contributed by atoms with van der Waals surface area (Å²) in [4.78, 5) is 3.76. The number of pyridine rings is 1. The highest BCUT2D eigenvalue weighted by Crippen LogP contribution is 2.22. The largest absolute Gasteiger partial charge is 0.573 e. The summed E-state index contributed by atoms with van der Waals surface area (Å²) in [7, 11) is -3.14. The van der Waals surface area contributed by atoms with E-state index in [9.17, 15) is 21.6 Å². The second-order valence-corrected chi connectivity index (χ2v) is 6.51. The van der Waals surface area contributed by atoms with Crippen LogP contribution in [-0.2, 0) is 10.0 Å². The molecule has 0 atom stereocenters. The number of nitrogens with zero attached hydrogens (tertiary/aromatic N) is 2. The van der Waals surface area contributed by atoms with Crippen molar-refractivity contribution < 1.29 is 26.3 Å². The molecule has 1 aliphatic rings. The molecule has 2 heterocycles. The summed E-state index contributed by atoms with van der Waals surface area (Å²) >= 11 is 0. The maximum absolute atomic E-state index is 12.0. The van der Waals surface area contributed by atoms with Crippen molar-refractivity contribution in [2.75, 3.05) is 30.7 Å². The van der Waals surface area contributed by atoms with E-state index in [1.807, 2.05) is 0 Å². The van der Waals surface area contributed by atoms with E-state index in [-0.39, 0.29) is 5.75 Å². The summed E-state index contributed by atoms with van der Waals surface area (Å²) in [5.41, 5.74) is 0. The Balaban J connectivity index is 1.81. The number of anilines is 1. The van der Waals surface area contributed by atoms with E-state index in [0.717, 1.165) is 12.3 Å². The van der Waals surface area contributed by atoms with E-state index in [1.54, 1.807) is 0 Å². The molecule has 0 radical (unpaired) electrons. The molecule has 0 amide bonds. The van der Waals surface area contributed by atoms with Gasteiger partial charge >= 0.3 is 6.36 Å². The molecule has 6 nitrogen and oxygen atoms in total. The lowest BCUT2D eigenvalue weighted by molar-refractivity contribution is -0.274. The Morgan fingerprint density at radius 1 is 1.38 bits per heavy atom. The van der Waals surface area contributed by atoms with Crippen molar-refractivity contribution in [3.05, 3.63) is 18.3 Å². The fourth-order valence-corrected chi connectivity index (χ4v) is 3.46. The van der Waals surface area contributed by atoms with Crippen molar-refractivity contribution in [3.63, 3.8) is 0 Å². The molecule has 1 aromatic rings. The smallest absolute Gasteiger partial charge is 0.404 e. The third kappa shape index (κ3) is 4.74. The molecule has 0 unspecified atom stereocenters. The van der Waals surface area contributed by atoms with E-state index < -0.39 is 22.1 Å². The van der Waals surface area contributed by atoms with Crippen molar-refractivity contribution in [1.82, 2.24) is 9.29 Å². The van der Waals surface area contributed by atoms with Gasteiger partial charge in [0.15, 0.2) is 0 Å². The van der Waals surface area contributed by atoms with Crippen molar-refractivity contribution in [1.29, 1.82) is 0 Å². The number of sulfonamides is 1. The lowest BCUT2D eigenvalue weighted by atomic mass is 10.4. The SMILES string of the molecule is O=S1(=O)CCCN1CCNc1ccc(OC(F)(F)F)cn1. The molecule has 1 fully saturated rings. The number of nitrogens with one attached hydrogen (secondary N) is 1. The molecule has 0 aliphatic carbocycles. The van der Waals surface area contributed by atoms with Crippen LogP contribution in [0.3, 0.4) is 0 Å². The average molecular weight is 325 g/mol. The minimum atomic E-state index is -4.75. The van der Waals surface area contributed by atoms with Crippen LogP contribution in [0.2, 0.25) is 0 Å². The normalized spacial score (nSPS) is 18.6. The van der Waals surface area contributed by atoms with Crippen LogP contribution < -0.4 is 10.1 Å². The van der Waals surface area contributed by atoms with Crippen LogP contribution in [0.4, 0.5) is 19.0 Å². The molecule has 21 heavy (non-hydrogen) atoms. The standard InChI is InChI=1S/C11H14F3N3O3S/c12-11(13,14)20-9-2-3-10(16-8-9)15-4-6-17-5-1-7-21(17,18)19/h2-3,8H,1,4-7H2,(H,15,16). The van der Waals surface area contributed by atoms with Crippen LogP contribution in [0.15, 0.2) is 18.3 Å². The monoisotopic (exact) mass is 325 g/mol. The van der Waals surface area contributed by atoms with E-state index in [0.29, 0.717) is 31.9 Å². The molecule has 2 rings (SSSR count). The Labute approximate surface area is 120 Å². The maximum atomic E-state index is 12.0. The third-order valence-corrected chi connectivity index (χ3v) is 4.80. The number of aromatic nitrogens is 1. The number of hydrogen-bond acceptors (Lipinski definition) is 5. The van der Waals surface area contributed by atoms with Crippen molar-refractivity contribution in [3.8, 4) is 5.75 Å². The summed E-state index contributed by atoms with van der Waals surface area (Å²) in [6, 6.07) is 2.47. The van der Waals surface area contributed by atoms with Gasteiger partial charge in [-0.2, -0.15) is 0 Å². The molecule has 1 N–H and O–H groups in total. The van der Waals surface area contributed by atoms with Crippen LogP contribution in [0.5, 0.6) is 5.75 Å². The maximum Gasteiger partial charge on any atom is 0.573 e. The minimum Gasteiger partial charge on any atom is -0.404 e. The van der Waals surface area contributed by atoms with E-state index >= 15 is 0 Å². The highest BCUT2D eigenvalue weighted by atomic mass is 32.2. The Bertz CT molecular complexity index is 575. The van der Waals surface area contributed by atoms with Gasteiger partial charge in [0.05, 0.1) is 11.9 Å². The topological polar surface area (TPSA) is 71.5 Å². The molecule has 10 heteroatoms. The zero-order valence-corrected chi connectivity index (χ0v) is 11.7. The van der Waals surface area contributed by atoms with Gasteiger partial charge in [-0.15, -0.1) is 13.2 Å². The second-order valence-electron chi connectivity index (χ2n) is 4.42. The van der Waals surface area contributed by atoms with Gasteiger partial charge in [-0.05, 0) is 18.6 Å². The number of rotatable bonds is 5. The summed E-state index contributed by atoms with van der Waals surface area (Å²) < 4.78 is 64.0. The quantitative estimate of drug-likeness (QED) is 0.887. The molecule has 118 valence electrons. The fraction of sp³-hybridized carbons (Fsp3) is 0.545. The average Bonchev–Trinajstić information content (AvgIpc) is 2.69. The molecular weight excluding hydrogens is 311 g/mol. The zero-order chi connectivity index (χ0) is 15.5. The van der Waals surface area contributed by atoms with Crippen LogP contribution in [0.25, 0.3) is 0 Å². The first-order chi connectivity index (χ1) is 9.76. The van der Waals surface area contributed by atoms with Crippen molar-refractivity contribution in [2.24, 2.45) is 0 Å². The molecule has 1 saturated heterocycles. The molecule has 0 bridgehead atoms. The first-order valence-corrected chi connectivity index (χ1v) is 7.81. The molecule has 1 aliphatic heterocycles. The second kappa shape index (κ2) is 6.06. The van der Waals surface area contributed by atoms with E-state index in [2.05, 4.69) is 15.0 Å². The summed E-state index contributed by atoms with van der Waals surface area (Å²) in [6.07, 6.45) is -3.19. The third-order valence-electron chi connectivity index (χ3n) is 2.84. The Kier molecular flexibility index (Phi) is 4.57. The zero-order valence-electron chi connectivity index (χ0n) is 10.9. The molecular formula is C11H14F3N3O3S. The fourth-order valence-electron chi connectivity index (χ4n) is 1.93. The minimum absolute atomic E-state index is 0.161. The highest BCUT2D eigenvalue weighted by molar-refractivity contribution is 7.89. The first kappa shape index (κ1) is 15.8. The number of hydrogen-bond donors (Lipinski definition) is 1. The lowest BCUT2D eigenvalue weighted by Crippen LogP contribution is -2.30. The van der Waals surface area contributed by atoms with Gasteiger partial charge in [0, 0.05) is 19.6 Å². The van der Waals surface area contributed by atoms with Crippen LogP contribution in [-0.4, -0.2) is 49.5 Å². The van der Waals surface area contributed by atoms with Gasteiger partial charge in [-0.25, -0.2) is 17.7 Å². The number of ether oxygens (including phenoxy) is 1. The van der Waals surface area contributed by atoms with Gasteiger partial charge in [0.2, 0.25) is 10.0 Å². The predicted octanol–water partition coefficient (Wildman–Crippen LogP) is 1.43. The Hall–Kier alpha value is -1.55. The van der Waals surface area contributed by atoms with Crippen LogP contribution >= 0.6 is 0 Å². The lowest BCUT2D eigenvalue weighted by Gasteiger charge is -2.15. The molecule has 0 aromatic carbocycles. The summed E-state index contributed by atoms with van der Waals surface area (Å²) in [5.74, 6) is 0.102. The van der Waals surface area contributed by atoms with Crippen molar-refractivity contribution in [2.45, 2.75) is 12.8 Å². The highest BCUT2D eigenvalue weighted by Gasteiger charge is 2.31. The predicted molar refractivity (Wildman–Crippen MR) is 69.4 cm³/mol. The number of alkyl halides is 3. The van der Waals surface area contributed by atoms with Gasteiger partial charge in [-0.1, -0.05) is 0 Å². The van der Waals surface area contributed by atoms with Crippen LogP contribution in [0.1, 0.15) is 6.42 Å². The van der Waals surface area contributed by atoms with Gasteiger partial charge in [-0.3, -0.25) is 0 Å². The number of halogens is 3. The molecule has 1 aromatic heterocycles. The van der Waals surface area contributed by atoms with E-state index in [4.69, 9.17) is 0 Å². The molecule has 0 spiro atoms. The molecule has 0 saturated carbocycles. The van der Waals surface area contributed by atoms with Gasteiger partial charge in [0.1, 0.15) is 11.6 Å².